The van der Waals surface area contributed by atoms with Crippen molar-refractivity contribution in [2.75, 3.05) is 19.6 Å². The Morgan fingerprint density at radius 1 is 1.53 bits per heavy atom. The highest BCUT2D eigenvalue weighted by molar-refractivity contribution is 5.74. The predicted molar refractivity (Wildman–Crippen MR) is 62.9 cm³/mol. The predicted octanol–water partition coefficient (Wildman–Crippen LogP) is 2.54. The van der Waals surface area contributed by atoms with Gasteiger partial charge >= 0.3 is 6.03 Å². The zero-order valence-corrected chi connectivity index (χ0v) is 9.88. The van der Waals surface area contributed by atoms with E-state index >= 15 is 0 Å². The normalized spacial score (nSPS) is 16.1. The van der Waals surface area contributed by atoms with Gasteiger partial charge in [0.15, 0.2) is 0 Å². The van der Waals surface area contributed by atoms with Crippen molar-refractivity contribution in [2.45, 2.75) is 39.5 Å². The largest absolute Gasteiger partial charge is 0.338 e. The minimum Gasteiger partial charge on any atom is -0.338 e. The molecule has 0 saturated carbocycles. The van der Waals surface area contributed by atoms with Gasteiger partial charge in [0.2, 0.25) is 0 Å². The van der Waals surface area contributed by atoms with Gasteiger partial charge in [-0.1, -0.05) is 31.4 Å². The third-order valence-electron chi connectivity index (χ3n) is 2.78. The van der Waals surface area contributed by atoms with Crippen molar-refractivity contribution in [3.63, 3.8) is 0 Å². The van der Waals surface area contributed by atoms with E-state index in [2.05, 4.69) is 25.2 Å². The average molecular weight is 210 g/mol. The van der Waals surface area contributed by atoms with Gasteiger partial charge in [-0.25, -0.2) is 4.79 Å². The van der Waals surface area contributed by atoms with Crippen molar-refractivity contribution >= 4 is 6.03 Å². The number of rotatable bonds is 4. The Morgan fingerprint density at radius 2 is 2.33 bits per heavy atom. The molecule has 1 aliphatic heterocycles. The minimum absolute atomic E-state index is 0.0925. The van der Waals surface area contributed by atoms with Gasteiger partial charge in [-0.05, 0) is 19.8 Å². The van der Waals surface area contributed by atoms with Crippen molar-refractivity contribution < 1.29 is 4.79 Å². The first kappa shape index (κ1) is 12.1. The number of nitrogens with zero attached hydrogens (tertiary/aromatic N) is 1. The van der Waals surface area contributed by atoms with E-state index in [9.17, 15) is 4.79 Å². The smallest absolute Gasteiger partial charge is 0.317 e. The summed E-state index contributed by atoms with van der Waals surface area (Å²) in [6.07, 6.45) is 6.63. The SMILES string of the molecule is CCCCCNC(=O)N1CC=C(C)CC1. The lowest BCUT2D eigenvalue weighted by Crippen LogP contribution is -2.42. The minimum atomic E-state index is 0.0925. The molecule has 1 rings (SSSR count). The third kappa shape index (κ3) is 4.36. The van der Waals surface area contributed by atoms with E-state index in [-0.39, 0.29) is 6.03 Å². The highest BCUT2D eigenvalue weighted by atomic mass is 16.2. The summed E-state index contributed by atoms with van der Waals surface area (Å²) in [5, 5.41) is 2.96. The van der Waals surface area contributed by atoms with Gasteiger partial charge in [-0.15, -0.1) is 0 Å². The van der Waals surface area contributed by atoms with E-state index in [0.29, 0.717) is 0 Å². The number of unbranched alkanes of at least 4 members (excludes halogenated alkanes) is 2. The molecule has 0 aliphatic carbocycles. The summed E-state index contributed by atoms with van der Waals surface area (Å²) in [5.41, 5.74) is 1.39. The first-order valence-corrected chi connectivity index (χ1v) is 5.92. The fourth-order valence-electron chi connectivity index (χ4n) is 1.64. The lowest BCUT2D eigenvalue weighted by Gasteiger charge is -2.25. The van der Waals surface area contributed by atoms with Crippen LogP contribution in [0.1, 0.15) is 39.5 Å². The number of nitrogens with one attached hydrogen (secondary N) is 1. The molecular formula is C12H22N2O. The van der Waals surface area contributed by atoms with E-state index in [1.165, 1.54) is 18.4 Å². The molecule has 1 heterocycles. The second-order valence-corrected chi connectivity index (χ2v) is 4.19. The Labute approximate surface area is 92.5 Å². The average Bonchev–Trinajstić information content (AvgIpc) is 2.25. The number of carbonyl (C=O) groups excluding carboxylic acids is 1. The molecule has 0 atom stereocenters. The fraction of sp³-hybridized carbons (Fsp3) is 0.750. The summed E-state index contributed by atoms with van der Waals surface area (Å²) >= 11 is 0. The summed E-state index contributed by atoms with van der Waals surface area (Å²) in [6.45, 7) is 6.73. The lowest BCUT2D eigenvalue weighted by atomic mass is 10.1. The molecule has 3 nitrogen and oxygen atoms in total. The van der Waals surface area contributed by atoms with Gasteiger partial charge in [0.25, 0.3) is 0 Å². The molecule has 0 aromatic carbocycles. The van der Waals surface area contributed by atoms with Crippen molar-refractivity contribution in [1.82, 2.24) is 10.2 Å². The van der Waals surface area contributed by atoms with Crippen LogP contribution in [-0.2, 0) is 0 Å². The number of hydrogen-bond acceptors (Lipinski definition) is 1. The maximum Gasteiger partial charge on any atom is 0.317 e. The molecule has 0 spiro atoms. The number of amides is 2. The van der Waals surface area contributed by atoms with Crippen LogP contribution in [0.25, 0.3) is 0 Å². The van der Waals surface area contributed by atoms with Crippen LogP contribution in [-0.4, -0.2) is 30.6 Å². The van der Waals surface area contributed by atoms with Crippen molar-refractivity contribution in [3.8, 4) is 0 Å². The Bertz CT molecular complexity index is 236. The fourth-order valence-corrected chi connectivity index (χ4v) is 1.64. The molecule has 3 heteroatoms. The molecule has 0 aromatic heterocycles. The molecule has 0 fully saturated rings. The first-order valence-electron chi connectivity index (χ1n) is 5.92. The summed E-state index contributed by atoms with van der Waals surface area (Å²) in [4.78, 5) is 13.5. The zero-order chi connectivity index (χ0) is 11.1. The van der Waals surface area contributed by atoms with Crippen molar-refractivity contribution in [2.24, 2.45) is 0 Å². The molecule has 0 saturated heterocycles. The zero-order valence-electron chi connectivity index (χ0n) is 9.88. The van der Waals surface area contributed by atoms with E-state index < -0.39 is 0 Å². The molecule has 0 unspecified atom stereocenters. The molecule has 1 N–H and O–H groups in total. The maximum absolute atomic E-state index is 11.7. The molecule has 2 amide bonds. The van der Waals surface area contributed by atoms with E-state index in [0.717, 1.165) is 32.5 Å². The van der Waals surface area contributed by atoms with Gasteiger partial charge in [0.1, 0.15) is 0 Å². The van der Waals surface area contributed by atoms with Gasteiger partial charge in [-0.3, -0.25) is 0 Å². The number of hydrogen-bond donors (Lipinski definition) is 1. The van der Waals surface area contributed by atoms with E-state index in [4.69, 9.17) is 0 Å². The van der Waals surface area contributed by atoms with E-state index in [1.807, 2.05) is 4.90 Å². The Hall–Kier alpha value is -0.990. The highest BCUT2D eigenvalue weighted by Gasteiger charge is 2.14. The second-order valence-electron chi connectivity index (χ2n) is 4.19. The van der Waals surface area contributed by atoms with Crippen LogP contribution in [0.3, 0.4) is 0 Å². The summed E-state index contributed by atoms with van der Waals surface area (Å²) in [5.74, 6) is 0. The molecular weight excluding hydrogens is 188 g/mol. The van der Waals surface area contributed by atoms with E-state index in [1.54, 1.807) is 0 Å². The molecule has 0 bridgehead atoms. The van der Waals surface area contributed by atoms with Gasteiger partial charge in [-0.2, -0.15) is 0 Å². The molecule has 0 aromatic rings. The van der Waals surface area contributed by atoms with Crippen LogP contribution in [0.15, 0.2) is 11.6 Å². The van der Waals surface area contributed by atoms with Crippen LogP contribution in [0.5, 0.6) is 0 Å². The highest BCUT2D eigenvalue weighted by Crippen LogP contribution is 2.09. The summed E-state index contributed by atoms with van der Waals surface area (Å²) in [7, 11) is 0. The first-order chi connectivity index (χ1) is 7.24. The Kier molecular flexibility index (Phi) is 5.22. The third-order valence-corrected chi connectivity index (χ3v) is 2.78. The van der Waals surface area contributed by atoms with Gasteiger partial charge < -0.3 is 10.2 Å². The van der Waals surface area contributed by atoms with Crippen molar-refractivity contribution in [3.05, 3.63) is 11.6 Å². The Balaban J connectivity index is 2.17. The molecule has 86 valence electrons. The summed E-state index contributed by atoms with van der Waals surface area (Å²) in [6, 6.07) is 0.0925. The van der Waals surface area contributed by atoms with Gasteiger partial charge in [0, 0.05) is 19.6 Å². The van der Waals surface area contributed by atoms with Crippen LogP contribution in [0.4, 0.5) is 4.79 Å². The standard InChI is InChI=1S/C12H22N2O/c1-3-4-5-8-13-12(15)14-9-6-11(2)7-10-14/h6H,3-5,7-10H2,1-2H3,(H,13,15). The lowest BCUT2D eigenvalue weighted by molar-refractivity contribution is 0.201. The topological polar surface area (TPSA) is 32.3 Å². The van der Waals surface area contributed by atoms with Crippen LogP contribution >= 0.6 is 0 Å². The number of carbonyl (C=O) groups is 1. The maximum atomic E-state index is 11.7. The summed E-state index contributed by atoms with van der Waals surface area (Å²) < 4.78 is 0. The van der Waals surface area contributed by atoms with Crippen LogP contribution in [0, 0.1) is 0 Å². The monoisotopic (exact) mass is 210 g/mol. The van der Waals surface area contributed by atoms with Crippen LogP contribution in [0.2, 0.25) is 0 Å². The molecule has 1 aliphatic rings. The van der Waals surface area contributed by atoms with Gasteiger partial charge in [0.05, 0.1) is 0 Å². The molecule has 0 radical (unpaired) electrons. The van der Waals surface area contributed by atoms with Crippen molar-refractivity contribution in [1.29, 1.82) is 0 Å². The molecule has 15 heavy (non-hydrogen) atoms. The van der Waals surface area contributed by atoms with Crippen LogP contribution < -0.4 is 5.32 Å². The second kappa shape index (κ2) is 6.49. The number of urea groups is 1. The quantitative estimate of drug-likeness (QED) is 0.561. The Morgan fingerprint density at radius 3 is 2.93 bits per heavy atom.